The lowest BCUT2D eigenvalue weighted by molar-refractivity contribution is -0.384. The molecule has 2 N–H and O–H groups in total. The molecule has 7 heteroatoms. The number of aryl methyl sites for hydroxylation is 2. The van der Waals surface area contributed by atoms with Gasteiger partial charge in [-0.05, 0) is 43.2 Å². The first-order valence-corrected chi connectivity index (χ1v) is 8.90. The van der Waals surface area contributed by atoms with Crippen molar-refractivity contribution in [3.63, 3.8) is 0 Å². The van der Waals surface area contributed by atoms with E-state index in [-0.39, 0.29) is 11.6 Å². The van der Waals surface area contributed by atoms with E-state index in [1.165, 1.54) is 29.0 Å². The molecule has 0 heterocycles. The van der Waals surface area contributed by atoms with Gasteiger partial charge in [-0.2, -0.15) is 0 Å². The van der Waals surface area contributed by atoms with Crippen LogP contribution in [-0.2, 0) is 4.79 Å². The molecular weight excluding hydrogens is 338 g/mol. The molecule has 2 aromatic rings. The summed E-state index contributed by atoms with van der Waals surface area (Å²) >= 11 is 1.49. The standard InChI is InChI=1S/C18H21N3O3S/c1-13-7-8-15(11-14(13)2)25-12-18(22)20-10-9-19-16-5-3-4-6-17(16)21(23)24/h3-8,11,19H,9-10,12H2,1-2H3,(H,20,22). The monoisotopic (exact) mass is 359 g/mol. The number of nitrogens with zero attached hydrogens (tertiary/aromatic N) is 1. The van der Waals surface area contributed by atoms with Crippen LogP contribution in [0.4, 0.5) is 11.4 Å². The average molecular weight is 359 g/mol. The van der Waals surface area contributed by atoms with E-state index in [0.717, 1.165) is 4.90 Å². The summed E-state index contributed by atoms with van der Waals surface area (Å²) in [5, 5.41) is 16.7. The van der Waals surface area contributed by atoms with Crippen molar-refractivity contribution in [1.29, 1.82) is 0 Å². The quantitative estimate of drug-likeness (QED) is 0.326. The number of carbonyl (C=O) groups is 1. The predicted molar refractivity (Wildman–Crippen MR) is 101 cm³/mol. The maximum Gasteiger partial charge on any atom is 0.292 e. The molecule has 132 valence electrons. The van der Waals surface area contributed by atoms with E-state index in [0.29, 0.717) is 24.5 Å². The van der Waals surface area contributed by atoms with E-state index in [2.05, 4.69) is 23.6 Å². The van der Waals surface area contributed by atoms with Gasteiger partial charge in [-0.1, -0.05) is 18.2 Å². The van der Waals surface area contributed by atoms with Crippen molar-refractivity contribution in [2.75, 3.05) is 24.2 Å². The van der Waals surface area contributed by atoms with E-state index in [1.807, 2.05) is 19.1 Å². The number of hydrogen-bond acceptors (Lipinski definition) is 5. The smallest absolute Gasteiger partial charge is 0.292 e. The number of thioether (sulfide) groups is 1. The Kier molecular flexibility index (Phi) is 6.82. The van der Waals surface area contributed by atoms with Crippen LogP contribution in [0.5, 0.6) is 0 Å². The van der Waals surface area contributed by atoms with E-state index in [9.17, 15) is 14.9 Å². The third-order valence-corrected chi connectivity index (χ3v) is 4.71. The minimum absolute atomic E-state index is 0.0270. The number of hydrogen-bond donors (Lipinski definition) is 2. The Labute approximate surface area is 151 Å². The predicted octanol–water partition coefficient (Wildman–Crippen LogP) is 3.53. The molecule has 0 radical (unpaired) electrons. The average Bonchev–Trinajstić information content (AvgIpc) is 2.60. The number of amides is 1. The topological polar surface area (TPSA) is 84.3 Å². The molecule has 0 fully saturated rings. The van der Waals surface area contributed by atoms with Gasteiger partial charge in [0, 0.05) is 24.1 Å². The van der Waals surface area contributed by atoms with Gasteiger partial charge >= 0.3 is 0 Å². The number of nitro groups is 1. The lowest BCUT2D eigenvalue weighted by Gasteiger charge is -2.09. The fourth-order valence-electron chi connectivity index (χ4n) is 2.19. The summed E-state index contributed by atoms with van der Waals surface area (Å²) in [6, 6.07) is 12.6. The molecule has 25 heavy (non-hydrogen) atoms. The highest BCUT2D eigenvalue weighted by Crippen LogP contribution is 2.23. The number of para-hydroxylation sites is 2. The first kappa shape index (κ1) is 18.8. The van der Waals surface area contributed by atoms with E-state index in [1.54, 1.807) is 18.2 Å². The van der Waals surface area contributed by atoms with Gasteiger partial charge in [0.1, 0.15) is 5.69 Å². The Morgan fingerprint density at radius 3 is 2.60 bits per heavy atom. The SMILES string of the molecule is Cc1ccc(SCC(=O)NCCNc2ccccc2[N+](=O)[O-])cc1C. The van der Waals surface area contributed by atoms with Gasteiger partial charge in [-0.25, -0.2) is 0 Å². The molecule has 0 unspecified atom stereocenters. The van der Waals surface area contributed by atoms with Gasteiger partial charge in [0.15, 0.2) is 0 Å². The summed E-state index contributed by atoms with van der Waals surface area (Å²) in [6.45, 7) is 4.93. The maximum absolute atomic E-state index is 11.9. The highest BCUT2D eigenvalue weighted by molar-refractivity contribution is 8.00. The van der Waals surface area contributed by atoms with Crippen LogP contribution in [0.3, 0.4) is 0 Å². The molecule has 0 aromatic heterocycles. The lowest BCUT2D eigenvalue weighted by Crippen LogP contribution is -2.30. The molecule has 0 saturated heterocycles. The zero-order valence-corrected chi connectivity index (χ0v) is 15.1. The Bertz CT molecular complexity index is 765. The van der Waals surface area contributed by atoms with Crippen molar-refractivity contribution in [3.05, 3.63) is 63.7 Å². The largest absolute Gasteiger partial charge is 0.378 e. The molecular formula is C18H21N3O3S. The van der Waals surface area contributed by atoms with Crippen LogP contribution in [0, 0.1) is 24.0 Å². The van der Waals surface area contributed by atoms with Crippen LogP contribution in [0.1, 0.15) is 11.1 Å². The normalized spacial score (nSPS) is 10.3. The summed E-state index contributed by atoms with van der Waals surface area (Å²) in [5.74, 6) is 0.279. The highest BCUT2D eigenvalue weighted by Gasteiger charge is 2.11. The number of anilines is 1. The molecule has 0 atom stereocenters. The van der Waals surface area contributed by atoms with Crippen molar-refractivity contribution in [1.82, 2.24) is 5.32 Å². The molecule has 2 aromatic carbocycles. The fourth-order valence-corrected chi connectivity index (χ4v) is 3.01. The van der Waals surface area contributed by atoms with Crippen molar-refractivity contribution >= 4 is 29.0 Å². The fraction of sp³-hybridized carbons (Fsp3) is 0.278. The number of carbonyl (C=O) groups excluding carboxylic acids is 1. The Balaban J connectivity index is 1.72. The molecule has 0 bridgehead atoms. The van der Waals surface area contributed by atoms with Gasteiger partial charge in [-0.3, -0.25) is 14.9 Å². The molecule has 1 amide bonds. The van der Waals surface area contributed by atoms with Crippen LogP contribution in [0.25, 0.3) is 0 Å². The van der Waals surface area contributed by atoms with Gasteiger partial charge in [0.2, 0.25) is 5.91 Å². The van der Waals surface area contributed by atoms with E-state index < -0.39 is 4.92 Å². The highest BCUT2D eigenvalue weighted by atomic mass is 32.2. The van der Waals surface area contributed by atoms with E-state index in [4.69, 9.17) is 0 Å². The second kappa shape index (κ2) is 9.08. The summed E-state index contributed by atoms with van der Waals surface area (Å²) < 4.78 is 0. The van der Waals surface area contributed by atoms with Crippen LogP contribution in [-0.4, -0.2) is 29.7 Å². The summed E-state index contributed by atoms with van der Waals surface area (Å²) in [7, 11) is 0. The minimum atomic E-state index is -0.429. The summed E-state index contributed by atoms with van der Waals surface area (Å²) in [4.78, 5) is 23.4. The molecule has 6 nitrogen and oxygen atoms in total. The maximum atomic E-state index is 11.9. The second-order valence-electron chi connectivity index (χ2n) is 5.59. The van der Waals surface area contributed by atoms with Crippen molar-refractivity contribution in [2.45, 2.75) is 18.7 Å². The first-order chi connectivity index (χ1) is 12.0. The van der Waals surface area contributed by atoms with Crippen molar-refractivity contribution < 1.29 is 9.72 Å². The Morgan fingerprint density at radius 2 is 1.88 bits per heavy atom. The number of nitro benzene ring substituents is 1. The van der Waals surface area contributed by atoms with E-state index >= 15 is 0 Å². The molecule has 0 aliphatic carbocycles. The van der Waals surface area contributed by atoms with Crippen LogP contribution in [0.2, 0.25) is 0 Å². The summed E-state index contributed by atoms with van der Waals surface area (Å²) in [6.07, 6.45) is 0. The van der Waals surface area contributed by atoms with Gasteiger partial charge in [-0.15, -0.1) is 11.8 Å². The minimum Gasteiger partial charge on any atom is -0.378 e. The lowest BCUT2D eigenvalue weighted by atomic mass is 10.1. The van der Waals surface area contributed by atoms with Crippen molar-refractivity contribution in [2.24, 2.45) is 0 Å². The van der Waals surface area contributed by atoms with Crippen LogP contribution < -0.4 is 10.6 Å². The zero-order chi connectivity index (χ0) is 18.2. The summed E-state index contributed by atoms with van der Waals surface area (Å²) in [5.41, 5.74) is 2.92. The van der Waals surface area contributed by atoms with Gasteiger partial charge < -0.3 is 10.6 Å². The van der Waals surface area contributed by atoms with Crippen LogP contribution in [0.15, 0.2) is 47.4 Å². The van der Waals surface area contributed by atoms with Crippen LogP contribution >= 0.6 is 11.8 Å². The number of rotatable bonds is 8. The third kappa shape index (κ3) is 5.79. The molecule has 0 aliphatic rings. The number of nitrogens with one attached hydrogen (secondary N) is 2. The van der Waals surface area contributed by atoms with Gasteiger partial charge in [0.25, 0.3) is 5.69 Å². The second-order valence-corrected chi connectivity index (χ2v) is 6.63. The van der Waals surface area contributed by atoms with Gasteiger partial charge in [0.05, 0.1) is 10.7 Å². The Hall–Kier alpha value is -2.54. The molecule has 2 rings (SSSR count). The van der Waals surface area contributed by atoms with Crippen molar-refractivity contribution in [3.8, 4) is 0 Å². The molecule has 0 aliphatic heterocycles. The molecule has 0 spiro atoms. The molecule has 0 saturated carbocycles. The third-order valence-electron chi connectivity index (χ3n) is 3.71. The zero-order valence-electron chi connectivity index (χ0n) is 14.2. The Morgan fingerprint density at radius 1 is 1.12 bits per heavy atom. The number of benzene rings is 2. The first-order valence-electron chi connectivity index (χ1n) is 7.91.